The fourth-order valence-electron chi connectivity index (χ4n) is 8.19. The minimum Gasteiger partial charge on any atom is -0.313 e. The Morgan fingerprint density at radius 3 is 2.59 bits per heavy atom. The van der Waals surface area contributed by atoms with E-state index < -0.39 is 19.1 Å². The molecule has 0 saturated heterocycles. The van der Waals surface area contributed by atoms with Crippen LogP contribution in [0.5, 0.6) is 0 Å². The number of ether oxygens (including phenoxy) is 1. The van der Waals surface area contributed by atoms with Crippen molar-refractivity contribution in [1.29, 1.82) is 0 Å². The summed E-state index contributed by atoms with van der Waals surface area (Å²) in [5, 5.41) is 7.06. The van der Waals surface area contributed by atoms with Gasteiger partial charge in [-0.1, -0.05) is 24.6 Å². The van der Waals surface area contributed by atoms with Crippen LogP contribution in [-0.4, -0.2) is 62.1 Å². The van der Waals surface area contributed by atoms with E-state index in [1.807, 2.05) is 13.0 Å². The van der Waals surface area contributed by atoms with Crippen molar-refractivity contribution in [2.75, 3.05) is 33.3 Å². The Hall–Kier alpha value is -1.65. The Morgan fingerprint density at radius 2 is 1.87 bits per heavy atom. The second-order valence-corrected chi connectivity index (χ2v) is 12.2. The average molecular weight is 578 g/mol. The number of rotatable bonds is 8. The highest BCUT2D eigenvalue weighted by atomic mass is 35.5. The molecule has 7 nitrogen and oxygen atoms in total. The number of oxime groups is 1. The molecule has 0 aliphatic heterocycles. The first-order chi connectivity index (χ1) is 17.8. The molecular formula is C28H43ClF3N3O4. The van der Waals surface area contributed by atoms with Gasteiger partial charge in [-0.3, -0.25) is 14.4 Å². The topological polar surface area (TPSA) is 80.2 Å². The summed E-state index contributed by atoms with van der Waals surface area (Å²) in [7, 11) is 1.57. The summed E-state index contributed by atoms with van der Waals surface area (Å²) in [6.45, 7) is 6.86. The number of hydrogen-bond donors (Lipinski definition) is 1. The number of likely N-dealkylation sites (N-methyl/N-ethyl adjacent to an activating group) is 1. The van der Waals surface area contributed by atoms with Crippen molar-refractivity contribution in [3.8, 4) is 0 Å². The lowest BCUT2D eigenvalue weighted by Crippen LogP contribution is -2.51. The van der Waals surface area contributed by atoms with Crippen LogP contribution in [0.3, 0.4) is 0 Å². The van der Waals surface area contributed by atoms with Crippen molar-refractivity contribution >= 4 is 30.0 Å². The predicted octanol–water partition coefficient (Wildman–Crippen LogP) is 6.13. The molecule has 3 saturated carbocycles. The molecule has 1 N–H and O–H groups in total. The Kier molecular flexibility index (Phi) is 10.2. The smallest absolute Gasteiger partial charge is 0.313 e. The zero-order chi connectivity index (χ0) is 27.7. The number of nitrogens with zero attached hydrogens (tertiary/aromatic N) is 2. The monoisotopic (exact) mass is 577 g/mol. The summed E-state index contributed by atoms with van der Waals surface area (Å²) in [6.07, 6.45) is 5.02. The number of ketones is 1. The molecule has 0 unspecified atom stereocenters. The van der Waals surface area contributed by atoms with Gasteiger partial charge in [0.05, 0.1) is 12.3 Å². The summed E-state index contributed by atoms with van der Waals surface area (Å²) in [6, 6.07) is 0. The van der Waals surface area contributed by atoms with Gasteiger partial charge in [0.25, 0.3) is 0 Å². The van der Waals surface area contributed by atoms with E-state index in [2.05, 4.69) is 29.1 Å². The lowest BCUT2D eigenvalue weighted by Gasteiger charge is -2.58. The fourth-order valence-corrected chi connectivity index (χ4v) is 8.19. The highest BCUT2D eigenvalue weighted by Crippen LogP contribution is 2.66. The van der Waals surface area contributed by atoms with Crippen LogP contribution in [0.25, 0.3) is 0 Å². The van der Waals surface area contributed by atoms with Crippen molar-refractivity contribution in [3.63, 3.8) is 0 Å². The highest BCUT2D eigenvalue weighted by molar-refractivity contribution is 5.91. The molecule has 6 atom stereocenters. The molecule has 4 rings (SSSR count). The highest BCUT2D eigenvalue weighted by Gasteiger charge is 2.59. The van der Waals surface area contributed by atoms with Crippen LogP contribution in [0.4, 0.5) is 18.0 Å². The van der Waals surface area contributed by atoms with Gasteiger partial charge in [0, 0.05) is 39.0 Å². The van der Waals surface area contributed by atoms with Crippen molar-refractivity contribution in [2.24, 2.45) is 39.7 Å². The summed E-state index contributed by atoms with van der Waals surface area (Å²) in [4.78, 5) is 31.1. The molecule has 222 valence electrons. The van der Waals surface area contributed by atoms with Crippen LogP contribution in [0, 0.1) is 34.5 Å². The number of allylic oxidation sites excluding steroid dienone is 1. The molecular weight excluding hydrogens is 535 g/mol. The molecule has 0 aromatic heterocycles. The van der Waals surface area contributed by atoms with E-state index in [1.54, 1.807) is 7.05 Å². The van der Waals surface area contributed by atoms with E-state index in [-0.39, 0.29) is 48.0 Å². The van der Waals surface area contributed by atoms with Crippen LogP contribution >= 0.6 is 12.4 Å². The lowest BCUT2D eigenvalue weighted by atomic mass is 9.46. The normalized spacial score (nSPS) is 34.3. The van der Waals surface area contributed by atoms with Gasteiger partial charge in [0.15, 0.2) is 5.78 Å². The van der Waals surface area contributed by atoms with Gasteiger partial charge >= 0.3 is 12.5 Å². The van der Waals surface area contributed by atoms with E-state index in [4.69, 9.17) is 4.84 Å². The third kappa shape index (κ3) is 6.81. The van der Waals surface area contributed by atoms with Crippen molar-refractivity contribution in [3.05, 3.63) is 11.6 Å². The van der Waals surface area contributed by atoms with Gasteiger partial charge < -0.3 is 10.2 Å². The van der Waals surface area contributed by atoms with Gasteiger partial charge in [-0.2, -0.15) is 0 Å². The largest absolute Gasteiger partial charge is 0.522 e. The first-order valence-electron chi connectivity index (χ1n) is 14.0. The quantitative estimate of drug-likeness (QED) is 0.163. The molecule has 1 amide bonds. The zero-order valence-electron chi connectivity index (χ0n) is 23.4. The van der Waals surface area contributed by atoms with E-state index in [0.717, 1.165) is 50.7 Å². The molecule has 4 aliphatic carbocycles. The molecule has 3 fully saturated rings. The second kappa shape index (κ2) is 12.5. The molecule has 0 aromatic carbocycles. The zero-order valence-corrected chi connectivity index (χ0v) is 24.3. The predicted molar refractivity (Wildman–Crippen MR) is 145 cm³/mol. The summed E-state index contributed by atoms with van der Waals surface area (Å²) < 4.78 is 39.7. The summed E-state index contributed by atoms with van der Waals surface area (Å²) >= 11 is 0. The molecule has 11 heteroatoms. The molecule has 0 bridgehead atoms. The van der Waals surface area contributed by atoms with Crippen LogP contribution in [0.1, 0.15) is 72.1 Å². The average Bonchev–Trinajstić information content (AvgIpc) is 3.21. The fraction of sp³-hybridized carbons (Fsp3) is 0.821. The first kappa shape index (κ1) is 31.9. The van der Waals surface area contributed by atoms with Crippen molar-refractivity contribution in [1.82, 2.24) is 10.2 Å². The van der Waals surface area contributed by atoms with Gasteiger partial charge in [0.1, 0.15) is 0 Å². The number of nitrogens with one attached hydrogen (secondary N) is 1. The summed E-state index contributed by atoms with van der Waals surface area (Å²) in [5.41, 5.74) is 2.51. The standard InChI is InChI=1S/C28H42F3N3O4.ClH/c1-18(33-38-25(36)34(4)15-13-32-14-16-37-28(29,30)31)22-7-8-23-21-6-5-19-17-20(35)9-11-26(19,2)24(21)10-12-27(22,23)3;/h17,21-24,32H,5-16H2,1-4H3;1H/b33-18+;/t21-,22+,23-,24-,26-,27+;/m0./s1. The Morgan fingerprint density at radius 1 is 1.13 bits per heavy atom. The van der Waals surface area contributed by atoms with Crippen molar-refractivity contribution < 1.29 is 32.3 Å². The van der Waals surface area contributed by atoms with Crippen LogP contribution < -0.4 is 5.32 Å². The molecule has 39 heavy (non-hydrogen) atoms. The van der Waals surface area contributed by atoms with Crippen LogP contribution in [-0.2, 0) is 14.4 Å². The maximum absolute atomic E-state index is 12.4. The maximum Gasteiger partial charge on any atom is 0.522 e. The SMILES string of the molecule is C/C(=N\OC(=O)N(C)CCNCCOC(F)(F)F)[C@H]1CC[C@H]2[C@@H]3CCC4=CC(=O)CC[C@]4(C)[C@H]3CC[C@]12C.Cl. The molecule has 0 heterocycles. The van der Waals surface area contributed by atoms with Crippen LogP contribution in [0.2, 0.25) is 0 Å². The van der Waals surface area contributed by atoms with Gasteiger partial charge in [-0.05, 0) is 86.5 Å². The van der Waals surface area contributed by atoms with Gasteiger partial charge in [-0.15, -0.1) is 25.6 Å². The van der Waals surface area contributed by atoms with E-state index in [9.17, 15) is 22.8 Å². The first-order valence-corrected chi connectivity index (χ1v) is 14.0. The summed E-state index contributed by atoms with van der Waals surface area (Å²) in [5.74, 6) is 2.45. The van der Waals surface area contributed by atoms with E-state index >= 15 is 0 Å². The lowest BCUT2D eigenvalue weighted by molar-refractivity contribution is -0.323. The number of carbonyl (C=O) groups is 2. The number of hydrogen-bond acceptors (Lipinski definition) is 6. The Balaban J connectivity index is 0.00000420. The van der Waals surface area contributed by atoms with Crippen LogP contribution in [0.15, 0.2) is 16.8 Å². The number of fused-ring (bicyclic) bond motifs is 5. The Bertz CT molecular complexity index is 974. The molecule has 0 spiro atoms. The molecule has 0 radical (unpaired) electrons. The number of halogens is 4. The third-order valence-corrected chi connectivity index (χ3v) is 10.2. The maximum atomic E-state index is 12.4. The van der Waals surface area contributed by atoms with Gasteiger partial charge in [-0.25, -0.2) is 4.79 Å². The second-order valence-electron chi connectivity index (χ2n) is 12.2. The number of amides is 1. The van der Waals surface area contributed by atoms with E-state index in [1.165, 1.54) is 10.5 Å². The van der Waals surface area contributed by atoms with Crippen molar-refractivity contribution in [2.45, 2.75) is 78.5 Å². The van der Waals surface area contributed by atoms with Gasteiger partial charge in [0.2, 0.25) is 0 Å². The molecule has 0 aromatic rings. The number of alkyl halides is 3. The van der Waals surface area contributed by atoms with E-state index in [0.29, 0.717) is 30.7 Å². The Labute approximate surface area is 235 Å². The minimum absolute atomic E-state index is 0. The molecule has 4 aliphatic rings. The third-order valence-electron chi connectivity index (χ3n) is 10.2. The minimum atomic E-state index is -4.64. The number of carbonyl (C=O) groups excluding carboxylic acids is 2.